The summed E-state index contributed by atoms with van der Waals surface area (Å²) in [6.07, 6.45) is 4.06. The second kappa shape index (κ2) is 10.2. The largest absolute Gasteiger partial charge is 0.444 e. The molecule has 9 heteroatoms. The van der Waals surface area contributed by atoms with Crippen molar-refractivity contribution in [3.63, 3.8) is 0 Å². The Morgan fingerprint density at radius 3 is 2.46 bits per heavy atom. The molecule has 181 valence electrons. The molecule has 2 N–H and O–H groups in total. The second-order valence-corrected chi connectivity index (χ2v) is 10.3. The molecule has 4 aromatic rings. The van der Waals surface area contributed by atoms with Crippen molar-refractivity contribution in [1.82, 2.24) is 9.55 Å². The van der Waals surface area contributed by atoms with Gasteiger partial charge in [-0.3, -0.25) is 10.0 Å². The Bertz CT molecular complexity index is 1450. The highest BCUT2D eigenvalue weighted by Gasteiger charge is 2.17. The summed E-state index contributed by atoms with van der Waals surface area (Å²) in [5.74, 6) is 1.18. The third-order valence-corrected chi connectivity index (χ3v) is 5.76. The number of para-hydroxylation sites is 1. The summed E-state index contributed by atoms with van der Waals surface area (Å²) in [6.45, 7) is 4.86. The number of benzene rings is 2. The molecule has 2 aromatic carbocycles. The highest BCUT2D eigenvalue weighted by atomic mass is 32.2. The quantitative estimate of drug-likeness (QED) is 0.342. The summed E-state index contributed by atoms with van der Waals surface area (Å²) < 4.78 is 33.8. The van der Waals surface area contributed by atoms with Gasteiger partial charge in [-0.1, -0.05) is 62.4 Å². The smallest absolute Gasteiger partial charge is 0.412 e. The molecule has 0 saturated heterocycles. The minimum atomic E-state index is -3.48. The maximum absolute atomic E-state index is 12.4. The van der Waals surface area contributed by atoms with Gasteiger partial charge in [-0.15, -0.1) is 0 Å². The van der Waals surface area contributed by atoms with Crippen molar-refractivity contribution in [1.29, 1.82) is 0 Å². The number of ether oxygens (including phenoxy) is 1. The van der Waals surface area contributed by atoms with Gasteiger partial charge in [0.15, 0.2) is 0 Å². The third-order valence-electron chi connectivity index (χ3n) is 5.17. The topological polar surface area (TPSA) is 102 Å². The first-order chi connectivity index (χ1) is 16.7. The average molecular weight is 492 g/mol. The van der Waals surface area contributed by atoms with Crippen molar-refractivity contribution >= 4 is 38.5 Å². The summed E-state index contributed by atoms with van der Waals surface area (Å²) in [7, 11) is -3.48. The first-order valence-electron chi connectivity index (χ1n) is 11.0. The zero-order chi connectivity index (χ0) is 25.0. The van der Waals surface area contributed by atoms with Gasteiger partial charge in [-0.05, 0) is 23.6 Å². The molecule has 1 radical (unpaired) electrons. The van der Waals surface area contributed by atoms with Crippen LogP contribution in [0.3, 0.4) is 0 Å². The fourth-order valence-corrected chi connectivity index (χ4v) is 4.38. The normalized spacial score (nSPS) is 11.5. The number of nitrogens with zero attached hydrogens (tertiary/aromatic N) is 2. The van der Waals surface area contributed by atoms with Crippen LogP contribution in [0.15, 0.2) is 73.1 Å². The van der Waals surface area contributed by atoms with E-state index in [0.29, 0.717) is 23.5 Å². The molecule has 0 fully saturated rings. The second-order valence-electron chi connectivity index (χ2n) is 8.58. The van der Waals surface area contributed by atoms with Crippen LogP contribution < -0.4 is 10.0 Å². The zero-order valence-electron chi connectivity index (χ0n) is 19.8. The van der Waals surface area contributed by atoms with E-state index in [1.165, 1.54) is 5.92 Å². The maximum Gasteiger partial charge on any atom is 0.412 e. The van der Waals surface area contributed by atoms with Crippen molar-refractivity contribution in [3.8, 4) is 11.1 Å². The summed E-state index contributed by atoms with van der Waals surface area (Å²) >= 11 is 0. The van der Waals surface area contributed by atoms with E-state index in [1.54, 1.807) is 18.3 Å². The van der Waals surface area contributed by atoms with Gasteiger partial charge in [0.25, 0.3) is 0 Å². The first kappa shape index (κ1) is 24.3. The van der Waals surface area contributed by atoms with Crippen LogP contribution in [0.25, 0.3) is 22.2 Å². The number of nitrogens with one attached hydrogen (secondary N) is 2. The highest BCUT2D eigenvalue weighted by Crippen LogP contribution is 2.36. The number of aromatic nitrogens is 2. The third kappa shape index (κ3) is 6.19. The predicted molar refractivity (Wildman–Crippen MR) is 138 cm³/mol. The van der Waals surface area contributed by atoms with Gasteiger partial charge in [0, 0.05) is 29.3 Å². The Kier molecular flexibility index (Phi) is 7.07. The average Bonchev–Trinajstić information content (AvgIpc) is 3.14. The molecular weight excluding hydrogens is 464 g/mol. The summed E-state index contributed by atoms with van der Waals surface area (Å²) in [6, 6.07) is 18.4. The summed E-state index contributed by atoms with van der Waals surface area (Å²) in [5.41, 5.74) is 4.05. The fraction of sp³-hybridized carbons (Fsp3) is 0.192. The highest BCUT2D eigenvalue weighted by molar-refractivity contribution is 7.92. The van der Waals surface area contributed by atoms with E-state index in [0.717, 1.165) is 28.4 Å². The van der Waals surface area contributed by atoms with Gasteiger partial charge in [0.1, 0.15) is 12.3 Å². The van der Waals surface area contributed by atoms with Gasteiger partial charge in [-0.2, -0.15) is 0 Å². The monoisotopic (exact) mass is 491 g/mol. The lowest BCUT2D eigenvalue weighted by Crippen LogP contribution is -2.13. The number of fused-ring (bicyclic) bond motifs is 1. The molecule has 8 nitrogen and oxygen atoms in total. The first-order valence-corrected chi connectivity index (χ1v) is 12.9. The Labute approximate surface area is 205 Å². The Hall–Kier alpha value is -3.85. The van der Waals surface area contributed by atoms with Crippen LogP contribution in [0.1, 0.15) is 19.4 Å². The number of hydrogen-bond acceptors (Lipinski definition) is 5. The van der Waals surface area contributed by atoms with Crippen LogP contribution in [0, 0.1) is 5.92 Å². The van der Waals surface area contributed by atoms with E-state index in [4.69, 9.17) is 4.74 Å². The SMILES string of the molecule is C[C](C)Cn1cc(-c2ccccc2NS(C)(=O)=O)c2cc(NC(=O)OCc3ccccc3)cnc21. The molecule has 0 unspecified atom stereocenters. The molecule has 1 amide bonds. The van der Waals surface area contributed by atoms with Crippen LogP contribution in [-0.4, -0.2) is 30.3 Å². The summed E-state index contributed by atoms with van der Waals surface area (Å²) in [5, 5.41) is 3.51. The van der Waals surface area contributed by atoms with Crippen LogP contribution in [0.5, 0.6) is 0 Å². The van der Waals surface area contributed by atoms with Gasteiger partial charge >= 0.3 is 6.09 Å². The number of hydrogen-bond donors (Lipinski definition) is 2. The molecule has 0 aliphatic heterocycles. The Balaban J connectivity index is 1.69. The van der Waals surface area contributed by atoms with Crippen molar-refractivity contribution in [3.05, 3.63) is 84.5 Å². The standard InChI is InChI=1S/C26H27N4O4S/c1-18(2)15-30-16-23(21-11-7-8-12-24(21)29-35(3,32)33)22-13-20(14-27-25(22)30)28-26(31)34-17-19-9-5-4-6-10-19/h4-14,16,29H,15,17H2,1-3H3,(H,28,31). The number of amides is 1. The number of sulfonamides is 1. The van der Waals surface area contributed by atoms with Crippen LogP contribution in [-0.2, 0) is 27.9 Å². The van der Waals surface area contributed by atoms with E-state index in [9.17, 15) is 13.2 Å². The Morgan fingerprint density at radius 1 is 1.03 bits per heavy atom. The van der Waals surface area contributed by atoms with E-state index in [-0.39, 0.29) is 6.61 Å². The van der Waals surface area contributed by atoms with Crippen molar-refractivity contribution in [2.24, 2.45) is 0 Å². The fourth-order valence-electron chi connectivity index (χ4n) is 3.80. The summed E-state index contributed by atoms with van der Waals surface area (Å²) in [4.78, 5) is 17.0. The number of pyridine rings is 1. The van der Waals surface area contributed by atoms with Crippen LogP contribution >= 0.6 is 0 Å². The predicted octanol–water partition coefficient (Wildman–Crippen LogP) is 5.44. The van der Waals surface area contributed by atoms with Crippen LogP contribution in [0.2, 0.25) is 0 Å². The number of carbonyl (C=O) groups is 1. The molecule has 2 heterocycles. The van der Waals surface area contributed by atoms with Crippen molar-refractivity contribution < 1.29 is 17.9 Å². The molecule has 4 rings (SSSR count). The van der Waals surface area contributed by atoms with Crippen molar-refractivity contribution in [2.75, 3.05) is 16.3 Å². The van der Waals surface area contributed by atoms with E-state index in [2.05, 4.69) is 15.0 Å². The number of rotatable bonds is 8. The zero-order valence-corrected chi connectivity index (χ0v) is 20.6. The van der Waals surface area contributed by atoms with Gasteiger partial charge in [0.2, 0.25) is 10.0 Å². The lowest BCUT2D eigenvalue weighted by Gasteiger charge is -2.10. The number of carbonyl (C=O) groups excluding carboxylic acids is 1. The molecule has 0 aliphatic carbocycles. The lowest BCUT2D eigenvalue weighted by atomic mass is 10.0. The van der Waals surface area contributed by atoms with Gasteiger partial charge in [0.05, 0.1) is 23.8 Å². The molecule has 0 atom stereocenters. The Morgan fingerprint density at radius 2 is 1.74 bits per heavy atom. The van der Waals surface area contributed by atoms with Crippen LogP contribution in [0.4, 0.5) is 16.2 Å². The number of anilines is 2. The minimum Gasteiger partial charge on any atom is -0.444 e. The molecule has 0 bridgehead atoms. The molecule has 2 aromatic heterocycles. The van der Waals surface area contributed by atoms with Gasteiger partial charge < -0.3 is 9.30 Å². The molecule has 0 spiro atoms. The van der Waals surface area contributed by atoms with E-state index < -0.39 is 16.1 Å². The van der Waals surface area contributed by atoms with E-state index in [1.807, 2.05) is 73.1 Å². The maximum atomic E-state index is 12.4. The molecule has 0 saturated carbocycles. The minimum absolute atomic E-state index is 0.153. The molecule has 35 heavy (non-hydrogen) atoms. The molecular formula is C26H27N4O4S. The lowest BCUT2D eigenvalue weighted by molar-refractivity contribution is 0.155. The van der Waals surface area contributed by atoms with Gasteiger partial charge in [-0.25, -0.2) is 18.2 Å². The van der Waals surface area contributed by atoms with E-state index >= 15 is 0 Å². The van der Waals surface area contributed by atoms with Crippen molar-refractivity contribution in [2.45, 2.75) is 27.0 Å². The molecule has 0 aliphatic rings.